The zero-order chi connectivity index (χ0) is 10.2. The molecule has 0 radical (unpaired) electrons. The van der Waals surface area contributed by atoms with Gasteiger partial charge in [-0.1, -0.05) is 6.92 Å². The quantitative estimate of drug-likeness (QED) is 0.721. The molecule has 0 aromatic carbocycles. The van der Waals surface area contributed by atoms with Crippen LogP contribution in [0.3, 0.4) is 0 Å². The van der Waals surface area contributed by atoms with Crippen LogP contribution in [0.5, 0.6) is 0 Å². The Labute approximate surface area is 85.1 Å². The average Bonchev–Trinajstić information content (AvgIpc) is 2.97. The molecule has 1 saturated carbocycles. The van der Waals surface area contributed by atoms with Crippen molar-refractivity contribution < 1.29 is 9.90 Å². The van der Waals surface area contributed by atoms with Crippen molar-refractivity contribution in [3.8, 4) is 0 Å². The van der Waals surface area contributed by atoms with Crippen molar-refractivity contribution in [3.63, 3.8) is 0 Å². The van der Waals surface area contributed by atoms with Gasteiger partial charge in [-0.2, -0.15) is 0 Å². The first-order chi connectivity index (χ1) is 6.67. The van der Waals surface area contributed by atoms with E-state index in [1.165, 1.54) is 0 Å². The summed E-state index contributed by atoms with van der Waals surface area (Å²) in [6.45, 7) is 3.01. The van der Waals surface area contributed by atoms with Gasteiger partial charge in [0, 0.05) is 12.0 Å². The van der Waals surface area contributed by atoms with Crippen LogP contribution in [0.4, 0.5) is 0 Å². The van der Waals surface area contributed by atoms with Crippen LogP contribution in [0.2, 0.25) is 0 Å². The van der Waals surface area contributed by atoms with Crippen LogP contribution >= 0.6 is 0 Å². The lowest BCUT2D eigenvalue weighted by Gasteiger charge is -2.36. The number of aliphatic hydroxyl groups excluding tert-OH is 1. The van der Waals surface area contributed by atoms with E-state index in [1.54, 1.807) is 0 Å². The van der Waals surface area contributed by atoms with Gasteiger partial charge >= 0.3 is 0 Å². The predicted molar refractivity (Wildman–Crippen MR) is 53.8 cm³/mol. The molecule has 0 bridgehead atoms. The standard InChI is InChI=1S/C11H19NO2/c1-11(5-6-11)10(14)12-7-3-2-4-9(12)8-13/h9,13H,2-8H2,1H3. The van der Waals surface area contributed by atoms with Crippen molar-refractivity contribution in [1.82, 2.24) is 4.90 Å². The highest BCUT2D eigenvalue weighted by atomic mass is 16.3. The maximum atomic E-state index is 12.1. The number of aliphatic hydroxyl groups is 1. The molecule has 0 spiro atoms. The fourth-order valence-electron chi connectivity index (χ4n) is 2.21. The highest BCUT2D eigenvalue weighted by Crippen LogP contribution is 2.47. The van der Waals surface area contributed by atoms with Crippen LogP contribution in [0.25, 0.3) is 0 Å². The van der Waals surface area contributed by atoms with E-state index >= 15 is 0 Å². The van der Waals surface area contributed by atoms with Crippen molar-refractivity contribution in [2.24, 2.45) is 5.41 Å². The van der Waals surface area contributed by atoms with Crippen molar-refractivity contribution in [2.75, 3.05) is 13.2 Å². The Bertz CT molecular complexity index is 235. The average molecular weight is 197 g/mol. The van der Waals surface area contributed by atoms with Gasteiger partial charge in [0.2, 0.25) is 5.91 Å². The molecule has 3 nitrogen and oxygen atoms in total. The molecular formula is C11H19NO2. The maximum Gasteiger partial charge on any atom is 0.228 e. The first-order valence-electron chi connectivity index (χ1n) is 5.59. The number of piperidine rings is 1. The number of rotatable bonds is 2. The molecule has 2 rings (SSSR count). The van der Waals surface area contributed by atoms with E-state index in [-0.39, 0.29) is 24.0 Å². The zero-order valence-electron chi connectivity index (χ0n) is 8.83. The number of likely N-dealkylation sites (tertiary alicyclic amines) is 1. The summed E-state index contributed by atoms with van der Waals surface area (Å²) in [6, 6.07) is 0.0914. The summed E-state index contributed by atoms with van der Waals surface area (Å²) in [5.74, 6) is 0.274. The van der Waals surface area contributed by atoms with Crippen molar-refractivity contribution in [2.45, 2.75) is 45.1 Å². The zero-order valence-corrected chi connectivity index (χ0v) is 8.83. The lowest BCUT2D eigenvalue weighted by atomic mass is 9.99. The van der Waals surface area contributed by atoms with E-state index in [4.69, 9.17) is 0 Å². The fraction of sp³-hybridized carbons (Fsp3) is 0.909. The predicted octanol–water partition coefficient (Wildman–Crippen LogP) is 1.16. The summed E-state index contributed by atoms with van der Waals surface area (Å²) in [4.78, 5) is 14.0. The first-order valence-corrected chi connectivity index (χ1v) is 5.59. The molecule has 1 amide bonds. The minimum absolute atomic E-state index is 0.0786. The Kier molecular flexibility index (Phi) is 2.52. The Morgan fingerprint density at radius 2 is 2.21 bits per heavy atom. The summed E-state index contributed by atoms with van der Waals surface area (Å²) in [6.07, 6.45) is 5.27. The third-order valence-corrected chi connectivity index (χ3v) is 3.62. The highest BCUT2D eigenvalue weighted by Gasteiger charge is 2.48. The smallest absolute Gasteiger partial charge is 0.228 e. The first kappa shape index (κ1) is 9.97. The SMILES string of the molecule is CC1(C(=O)N2CCCCC2CO)CC1. The van der Waals surface area contributed by atoms with Gasteiger partial charge in [-0.3, -0.25) is 4.79 Å². The lowest BCUT2D eigenvalue weighted by Crippen LogP contribution is -2.48. The number of hydrogen-bond donors (Lipinski definition) is 1. The minimum Gasteiger partial charge on any atom is -0.394 e. The van der Waals surface area contributed by atoms with Crippen LogP contribution in [-0.4, -0.2) is 35.1 Å². The van der Waals surface area contributed by atoms with Gasteiger partial charge in [0.15, 0.2) is 0 Å². The monoisotopic (exact) mass is 197 g/mol. The molecule has 1 aliphatic carbocycles. The van der Waals surface area contributed by atoms with Crippen LogP contribution in [0, 0.1) is 5.41 Å². The number of carbonyl (C=O) groups excluding carboxylic acids is 1. The maximum absolute atomic E-state index is 12.1. The third kappa shape index (κ3) is 1.65. The molecule has 3 heteroatoms. The second-order valence-corrected chi connectivity index (χ2v) is 4.89. The van der Waals surface area contributed by atoms with Gasteiger partial charge in [0.05, 0.1) is 12.6 Å². The summed E-state index contributed by atoms with van der Waals surface area (Å²) in [5.41, 5.74) is -0.0786. The molecule has 0 aromatic heterocycles. The van der Waals surface area contributed by atoms with E-state index in [2.05, 4.69) is 0 Å². The minimum atomic E-state index is -0.0786. The summed E-state index contributed by atoms with van der Waals surface area (Å²) in [5, 5.41) is 9.20. The van der Waals surface area contributed by atoms with Crippen molar-refractivity contribution in [3.05, 3.63) is 0 Å². The molecule has 1 unspecified atom stereocenters. The summed E-state index contributed by atoms with van der Waals surface area (Å²) in [7, 11) is 0. The van der Waals surface area contributed by atoms with Crippen LogP contribution in [-0.2, 0) is 4.79 Å². The van der Waals surface area contributed by atoms with E-state index in [0.717, 1.165) is 38.6 Å². The van der Waals surface area contributed by atoms with E-state index in [1.807, 2.05) is 11.8 Å². The lowest BCUT2D eigenvalue weighted by molar-refractivity contribution is -0.141. The number of nitrogens with zero attached hydrogens (tertiary/aromatic N) is 1. The van der Waals surface area contributed by atoms with E-state index in [9.17, 15) is 9.90 Å². The molecule has 14 heavy (non-hydrogen) atoms. The molecule has 1 saturated heterocycles. The largest absolute Gasteiger partial charge is 0.394 e. The molecule has 1 heterocycles. The van der Waals surface area contributed by atoms with Crippen molar-refractivity contribution in [1.29, 1.82) is 0 Å². The van der Waals surface area contributed by atoms with Crippen LogP contribution < -0.4 is 0 Å². The molecule has 1 N–H and O–H groups in total. The van der Waals surface area contributed by atoms with Crippen LogP contribution in [0.1, 0.15) is 39.0 Å². The molecule has 2 aliphatic rings. The molecule has 0 aromatic rings. The second-order valence-electron chi connectivity index (χ2n) is 4.89. The van der Waals surface area contributed by atoms with Crippen molar-refractivity contribution >= 4 is 5.91 Å². The second kappa shape index (κ2) is 3.54. The third-order valence-electron chi connectivity index (χ3n) is 3.62. The topological polar surface area (TPSA) is 40.5 Å². The van der Waals surface area contributed by atoms with E-state index < -0.39 is 0 Å². The molecule has 2 fully saturated rings. The summed E-state index contributed by atoms with van der Waals surface area (Å²) >= 11 is 0. The number of hydrogen-bond acceptors (Lipinski definition) is 2. The number of amides is 1. The van der Waals surface area contributed by atoms with Crippen LogP contribution in [0.15, 0.2) is 0 Å². The fourth-order valence-corrected chi connectivity index (χ4v) is 2.21. The van der Waals surface area contributed by atoms with Gasteiger partial charge < -0.3 is 10.0 Å². The normalized spacial score (nSPS) is 30.1. The van der Waals surface area contributed by atoms with Gasteiger partial charge in [0.25, 0.3) is 0 Å². The van der Waals surface area contributed by atoms with E-state index in [0.29, 0.717) is 0 Å². The molecule has 1 aliphatic heterocycles. The summed E-state index contributed by atoms with van der Waals surface area (Å²) < 4.78 is 0. The van der Waals surface area contributed by atoms with Gasteiger partial charge in [-0.05, 0) is 32.1 Å². The van der Waals surface area contributed by atoms with Gasteiger partial charge in [0.1, 0.15) is 0 Å². The highest BCUT2D eigenvalue weighted by molar-refractivity contribution is 5.85. The Balaban J connectivity index is 2.03. The molecule has 1 atom stereocenters. The van der Waals surface area contributed by atoms with Gasteiger partial charge in [-0.15, -0.1) is 0 Å². The van der Waals surface area contributed by atoms with Gasteiger partial charge in [-0.25, -0.2) is 0 Å². The molecule has 80 valence electrons. The Morgan fingerprint density at radius 1 is 1.50 bits per heavy atom. The Morgan fingerprint density at radius 3 is 2.79 bits per heavy atom. The molecular weight excluding hydrogens is 178 g/mol. The Hall–Kier alpha value is -0.570. The number of carbonyl (C=O) groups is 1.